The quantitative estimate of drug-likeness (QED) is 0.641. The molecule has 0 aromatic heterocycles. The minimum Gasteiger partial charge on any atom is -0.391 e. The van der Waals surface area contributed by atoms with Gasteiger partial charge in [0.15, 0.2) is 0 Å². The molecule has 1 atom stereocenters. The highest BCUT2D eigenvalue weighted by molar-refractivity contribution is 4.93. The predicted octanol–water partition coefficient (Wildman–Crippen LogP) is 1.15. The minimum absolute atomic E-state index is 0.133. The van der Waals surface area contributed by atoms with E-state index in [0.717, 1.165) is 13.0 Å². The summed E-state index contributed by atoms with van der Waals surface area (Å²) in [6.07, 6.45) is 4.72. The molecule has 0 radical (unpaired) electrons. The summed E-state index contributed by atoms with van der Waals surface area (Å²) >= 11 is 0. The Hall–Kier alpha value is -0.0800. The van der Waals surface area contributed by atoms with Crippen LogP contribution in [-0.4, -0.2) is 24.8 Å². The molecule has 1 aliphatic rings. The van der Waals surface area contributed by atoms with Crippen molar-refractivity contribution < 1.29 is 5.11 Å². The first-order chi connectivity index (χ1) is 5.25. The SMILES string of the molecule is CCC1(C(O)CNC)CCC1. The van der Waals surface area contributed by atoms with Gasteiger partial charge in [-0.25, -0.2) is 0 Å². The number of aliphatic hydroxyl groups excluding tert-OH is 1. The van der Waals surface area contributed by atoms with Crippen LogP contribution in [-0.2, 0) is 0 Å². The molecule has 0 aromatic rings. The lowest BCUT2D eigenvalue weighted by atomic mass is 9.63. The summed E-state index contributed by atoms with van der Waals surface area (Å²) < 4.78 is 0. The second-order valence-corrected chi connectivity index (χ2v) is 3.64. The molecule has 1 aliphatic carbocycles. The first-order valence-electron chi connectivity index (χ1n) is 4.58. The second-order valence-electron chi connectivity index (χ2n) is 3.64. The van der Waals surface area contributed by atoms with E-state index < -0.39 is 0 Å². The van der Waals surface area contributed by atoms with Crippen LogP contribution in [0.3, 0.4) is 0 Å². The van der Waals surface area contributed by atoms with Gasteiger partial charge in [-0.15, -0.1) is 0 Å². The molecule has 0 saturated heterocycles. The highest BCUT2D eigenvalue weighted by atomic mass is 16.3. The van der Waals surface area contributed by atoms with Crippen LogP contribution in [0, 0.1) is 5.41 Å². The van der Waals surface area contributed by atoms with Gasteiger partial charge < -0.3 is 10.4 Å². The minimum atomic E-state index is -0.133. The Morgan fingerprint density at radius 2 is 2.18 bits per heavy atom. The molecule has 11 heavy (non-hydrogen) atoms. The van der Waals surface area contributed by atoms with E-state index in [-0.39, 0.29) is 11.5 Å². The lowest BCUT2D eigenvalue weighted by Gasteiger charge is -2.45. The molecule has 0 aliphatic heterocycles. The fourth-order valence-corrected chi connectivity index (χ4v) is 1.96. The van der Waals surface area contributed by atoms with E-state index in [0.29, 0.717) is 0 Å². The highest BCUT2D eigenvalue weighted by Gasteiger charge is 2.41. The van der Waals surface area contributed by atoms with Crippen molar-refractivity contribution in [1.29, 1.82) is 0 Å². The summed E-state index contributed by atoms with van der Waals surface area (Å²) in [5.74, 6) is 0. The zero-order valence-electron chi connectivity index (χ0n) is 7.56. The number of hydrogen-bond acceptors (Lipinski definition) is 2. The maximum absolute atomic E-state index is 9.76. The molecule has 1 unspecified atom stereocenters. The van der Waals surface area contributed by atoms with Crippen LogP contribution in [0.1, 0.15) is 32.6 Å². The van der Waals surface area contributed by atoms with Gasteiger partial charge in [0.25, 0.3) is 0 Å². The third-order valence-electron chi connectivity index (χ3n) is 3.16. The summed E-state index contributed by atoms with van der Waals surface area (Å²) in [5.41, 5.74) is 0.267. The van der Waals surface area contributed by atoms with Gasteiger partial charge in [0.1, 0.15) is 0 Å². The Morgan fingerprint density at radius 3 is 2.45 bits per heavy atom. The van der Waals surface area contributed by atoms with Crippen LogP contribution in [0.15, 0.2) is 0 Å². The highest BCUT2D eigenvalue weighted by Crippen LogP contribution is 2.46. The third kappa shape index (κ3) is 1.57. The number of hydrogen-bond donors (Lipinski definition) is 2. The summed E-state index contributed by atoms with van der Waals surface area (Å²) in [5, 5.41) is 12.8. The van der Waals surface area contributed by atoms with Gasteiger partial charge in [0, 0.05) is 6.54 Å². The largest absolute Gasteiger partial charge is 0.391 e. The molecule has 0 bridgehead atoms. The van der Waals surface area contributed by atoms with Gasteiger partial charge in [0.05, 0.1) is 6.10 Å². The van der Waals surface area contributed by atoms with E-state index in [1.54, 1.807) is 0 Å². The van der Waals surface area contributed by atoms with Crippen LogP contribution in [0.2, 0.25) is 0 Å². The van der Waals surface area contributed by atoms with Gasteiger partial charge >= 0.3 is 0 Å². The summed E-state index contributed by atoms with van der Waals surface area (Å²) in [7, 11) is 1.89. The van der Waals surface area contributed by atoms with Crippen molar-refractivity contribution in [3.05, 3.63) is 0 Å². The van der Waals surface area contributed by atoms with E-state index in [9.17, 15) is 5.11 Å². The lowest BCUT2D eigenvalue weighted by Crippen LogP contribution is -2.45. The molecule has 2 N–H and O–H groups in total. The average molecular weight is 157 g/mol. The molecular formula is C9H19NO. The van der Waals surface area contributed by atoms with Crippen molar-refractivity contribution in [1.82, 2.24) is 5.32 Å². The average Bonchev–Trinajstić information content (AvgIpc) is 1.87. The second kappa shape index (κ2) is 3.55. The monoisotopic (exact) mass is 157 g/mol. The molecule has 1 saturated carbocycles. The molecule has 1 fully saturated rings. The lowest BCUT2D eigenvalue weighted by molar-refractivity contribution is -0.0353. The Balaban J connectivity index is 2.40. The first-order valence-corrected chi connectivity index (χ1v) is 4.58. The van der Waals surface area contributed by atoms with Crippen molar-refractivity contribution in [2.24, 2.45) is 5.41 Å². The fourth-order valence-electron chi connectivity index (χ4n) is 1.96. The Kier molecular flexibility index (Phi) is 2.90. The van der Waals surface area contributed by atoms with Crippen molar-refractivity contribution in [3.8, 4) is 0 Å². The summed E-state index contributed by atoms with van der Waals surface area (Å²) in [6, 6.07) is 0. The number of nitrogens with one attached hydrogen (secondary N) is 1. The van der Waals surface area contributed by atoms with Gasteiger partial charge in [-0.2, -0.15) is 0 Å². The molecule has 0 aromatic carbocycles. The number of aliphatic hydroxyl groups is 1. The van der Waals surface area contributed by atoms with Gasteiger partial charge in [-0.05, 0) is 31.7 Å². The predicted molar refractivity (Wildman–Crippen MR) is 46.5 cm³/mol. The number of likely N-dealkylation sites (N-methyl/N-ethyl adjacent to an activating group) is 1. The topological polar surface area (TPSA) is 32.3 Å². The Morgan fingerprint density at radius 1 is 1.55 bits per heavy atom. The molecule has 0 heterocycles. The molecule has 2 heteroatoms. The van der Waals surface area contributed by atoms with E-state index in [4.69, 9.17) is 0 Å². The van der Waals surface area contributed by atoms with Crippen LogP contribution < -0.4 is 5.32 Å². The smallest absolute Gasteiger partial charge is 0.0720 e. The van der Waals surface area contributed by atoms with Crippen LogP contribution in [0.5, 0.6) is 0 Å². The fraction of sp³-hybridized carbons (Fsp3) is 1.00. The third-order valence-corrected chi connectivity index (χ3v) is 3.16. The Labute approximate surface area is 69.0 Å². The number of rotatable bonds is 4. The van der Waals surface area contributed by atoms with E-state index in [1.807, 2.05) is 7.05 Å². The van der Waals surface area contributed by atoms with Gasteiger partial charge in [-0.1, -0.05) is 13.3 Å². The van der Waals surface area contributed by atoms with Crippen molar-refractivity contribution in [2.75, 3.05) is 13.6 Å². The zero-order valence-corrected chi connectivity index (χ0v) is 7.56. The molecule has 0 amide bonds. The molecule has 2 nitrogen and oxygen atoms in total. The van der Waals surface area contributed by atoms with Crippen LogP contribution >= 0.6 is 0 Å². The van der Waals surface area contributed by atoms with Crippen molar-refractivity contribution >= 4 is 0 Å². The zero-order chi connectivity index (χ0) is 8.32. The standard InChI is InChI=1S/C9H19NO/c1-3-9(5-4-6-9)8(11)7-10-2/h8,10-11H,3-7H2,1-2H3. The van der Waals surface area contributed by atoms with Crippen LogP contribution in [0.4, 0.5) is 0 Å². The van der Waals surface area contributed by atoms with Crippen molar-refractivity contribution in [3.63, 3.8) is 0 Å². The summed E-state index contributed by atoms with van der Waals surface area (Å²) in [6.45, 7) is 2.92. The summed E-state index contributed by atoms with van der Waals surface area (Å²) in [4.78, 5) is 0. The maximum Gasteiger partial charge on any atom is 0.0720 e. The normalized spacial score (nSPS) is 24.3. The van der Waals surface area contributed by atoms with E-state index in [1.165, 1.54) is 19.3 Å². The van der Waals surface area contributed by atoms with E-state index in [2.05, 4.69) is 12.2 Å². The van der Waals surface area contributed by atoms with Crippen LogP contribution in [0.25, 0.3) is 0 Å². The van der Waals surface area contributed by atoms with E-state index >= 15 is 0 Å². The molecule has 66 valence electrons. The Bertz CT molecular complexity index is 115. The van der Waals surface area contributed by atoms with Crippen molar-refractivity contribution in [2.45, 2.75) is 38.7 Å². The molecule has 1 rings (SSSR count). The molecular weight excluding hydrogens is 138 g/mol. The van der Waals surface area contributed by atoms with Gasteiger partial charge in [-0.3, -0.25) is 0 Å². The maximum atomic E-state index is 9.76. The molecule has 0 spiro atoms. The van der Waals surface area contributed by atoms with Gasteiger partial charge in [0.2, 0.25) is 0 Å². The first kappa shape index (κ1) is 9.01.